The molecule has 0 aliphatic carbocycles. The number of aromatic nitrogens is 4. The van der Waals surface area contributed by atoms with Gasteiger partial charge in [-0.05, 0) is 24.3 Å². The molecule has 0 amide bonds. The summed E-state index contributed by atoms with van der Waals surface area (Å²) < 4.78 is 1.79. The van der Waals surface area contributed by atoms with Gasteiger partial charge >= 0.3 is 0 Å². The van der Waals surface area contributed by atoms with E-state index in [0.717, 1.165) is 28.1 Å². The lowest BCUT2D eigenvalue weighted by molar-refractivity contribution is 0.907. The Hall–Kier alpha value is -2.92. The topological polar surface area (TPSA) is 55.1 Å². The minimum atomic E-state index is 0.708. The summed E-state index contributed by atoms with van der Waals surface area (Å²) in [7, 11) is 0. The van der Waals surface area contributed by atoms with Crippen molar-refractivity contribution in [2.75, 3.05) is 5.32 Å². The van der Waals surface area contributed by atoms with Crippen LogP contribution in [0.1, 0.15) is 0 Å². The number of hydrogen-bond donors (Lipinski definition) is 1. The maximum absolute atomic E-state index is 6.29. The first-order chi connectivity index (χ1) is 11.3. The van der Waals surface area contributed by atoms with Crippen molar-refractivity contribution in [1.82, 2.24) is 19.6 Å². The molecule has 3 aromatic heterocycles. The van der Waals surface area contributed by atoms with Crippen molar-refractivity contribution in [3.63, 3.8) is 0 Å². The van der Waals surface area contributed by atoms with E-state index in [9.17, 15) is 0 Å². The smallest absolute Gasteiger partial charge is 0.158 e. The highest BCUT2D eigenvalue weighted by atomic mass is 35.5. The molecule has 0 saturated carbocycles. The molecule has 6 heteroatoms. The quantitative estimate of drug-likeness (QED) is 0.614. The van der Waals surface area contributed by atoms with Gasteiger partial charge in [-0.3, -0.25) is 4.98 Å². The van der Waals surface area contributed by atoms with Crippen molar-refractivity contribution in [3.05, 3.63) is 72.4 Å². The van der Waals surface area contributed by atoms with Gasteiger partial charge < -0.3 is 5.32 Å². The van der Waals surface area contributed by atoms with Gasteiger partial charge in [-0.25, -0.2) is 9.50 Å². The van der Waals surface area contributed by atoms with E-state index in [-0.39, 0.29) is 0 Å². The van der Waals surface area contributed by atoms with E-state index >= 15 is 0 Å². The molecule has 0 bridgehead atoms. The molecule has 5 nitrogen and oxygen atoms in total. The van der Waals surface area contributed by atoms with E-state index in [2.05, 4.69) is 20.4 Å². The van der Waals surface area contributed by atoms with Crippen molar-refractivity contribution in [1.29, 1.82) is 0 Å². The van der Waals surface area contributed by atoms with Gasteiger partial charge in [0.15, 0.2) is 5.82 Å². The molecule has 0 radical (unpaired) electrons. The summed E-state index contributed by atoms with van der Waals surface area (Å²) >= 11 is 6.29. The number of benzene rings is 1. The summed E-state index contributed by atoms with van der Waals surface area (Å²) in [6.07, 6.45) is 6.92. The highest BCUT2D eigenvalue weighted by molar-refractivity contribution is 6.33. The first-order valence-corrected chi connectivity index (χ1v) is 7.44. The van der Waals surface area contributed by atoms with Gasteiger partial charge in [0, 0.05) is 40.4 Å². The summed E-state index contributed by atoms with van der Waals surface area (Å²) in [5, 5.41) is 8.26. The summed E-state index contributed by atoms with van der Waals surface area (Å²) in [5.74, 6) is 0.726. The first-order valence-electron chi connectivity index (χ1n) is 7.06. The van der Waals surface area contributed by atoms with Gasteiger partial charge in [0.1, 0.15) is 11.8 Å². The molecular weight excluding hydrogens is 310 g/mol. The van der Waals surface area contributed by atoms with E-state index in [1.54, 1.807) is 16.9 Å². The summed E-state index contributed by atoms with van der Waals surface area (Å²) in [5.41, 5.74) is 3.75. The standard InChI is InChI=1S/C17H12ClN5/c18-15-4-2-1-3-14(15)12-9-16-17(20-11-21-23(16)10-12)22-13-5-7-19-8-6-13/h1-11H,(H,19,20,21,22). The number of hydrogen-bond acceptors (Lipinski definition) is 4. The van der Waals surface area contributed by atoms with E-state index in [4.69, 9.17) is 11.6 Å². The third kappa shape index (κ3) is 2.62. The zero-order chi connectivity index (χ0) is 15.6. The lowest BCUT2D eigenvalue weighted by Gasteiger charge is -2.05. The van der Waals surface area contributed by atoms with Gasteiger partial charge in [0.25, 0.3) is 0 Å². The number of fused-ring (bicyclic) bond motifs is 1. The monoisotopic (exact) mass is 321 g/mol. The molecule has 1 aromatic carbocycles. The van der Waals surface area contributed by atoms with Crippen LogP contribution in [0.25, 0.3) is 16.6 Å². The molecule has 112 valence electrons. The van der Waals surface area contributed by atoms with Crippen molar-refractivity contribution in [3.8, 4) is 11.1 Å². The molecule has 0 atom stereocenters. The lowest BCUT2D eigenvalue weighted by atomic mass is 10.1. The van der Waals surface area contributed by atoms with Crippen LogP contribution in [0.15, 0.2) is 67.4 Å². The molecule has 1 N–H and O–H groups in total. The fraction of sp³-hybridized carbons (Fsp3) is 0. The normalized spacial score (nSPS) is 10.8. The Kier molecular flexibility index (Phi) is 3.40. The minimum absolute atomic E-state index is 0.708. The third-order valence-corrected chi connectivity index (χ3v) is 3.86. The van der Waals surface area contributed by atoms with Crippen molar-refractivity contribution >= 4 is 28.6 Å². The zero-order valence-corrected chi connectivity index (χ0v) is 12.8. The van der Waals surface area contributed by atoms with Crippen LogP contribution in [0.4, 0.5) is 11.5 Å². The number of halogens is 1. The van der Waals surface area contributed by atoms with Gasteiger partial charge in [-0.1, -0.05) is 29.8 Å². The average molecular weight is 322 g/mol. The van der Waals surface area contributed by atoms with Crippen molar-refractivity contribution < 1.29 is 0 Å². The second-order valence-corrected chi connectivity index (χ2v) is 5.42. The number of nitrogens with zero attached hydrogens (tertiary/aromatic N) is 4. The molecule has 0 unspecified atom stereocenters. The van der Waals surface area contributed by atoms with Gasteiger partial charge in [0.05, 0.1) is 0 Å². The van der Waals surface area contributed by atoms with Crippen LogP contribution in [0.2, 0.25) is 5.02 Å². The minimum Gasteiger partial charge on any atom is -0.338 e. The van der Waals surface area contributed by atoms with Gasteiger partial charge in [-0.15, -0.1) is 0 Å². The Morgan fingerprint density at radius 2 is 1.87 bits per heavy atom. The van der Waals surface area contributed by atoms with Crippen LogP contribution >= 0.6 is 11.6 Å². The van der Waals surface area contributed by atoms with Crippen LogP contribution < -0.4 is 5.32 Å². The fourth-order valence-corrected chi connectivity index (χ4v) is 2.69. The number of rotatable bonds is 3. The predicted octanol–water partition coefficient (Wildman–Crippen LogP) is 4.19. The Morgan fingerprint density at radius 1 is 1.04 bits per heavy atom. The van der Waals surface area contributed by atoms with Crippen molar-refractivity contribution in [2.24, 2.45) is 0 Å². The Balaban J connectivity index is 1.80. The highest BCUT2D eigenvalue weighted by Crippen LogP contribution is 2.30. The maximum atomic E-state index is 6.29. The second-order valence-electron chi connectivity index (χ2n) is 5.01. The van der Waals surface area contributed by atoms with E-state index in [1.165, 1.54) is 6.33 Å². The van der Waals surface area contributed by atoms with Crippen LogP contribution in [-0.4, -0.2) is 19.6 Å². The van der Waals surface area contributed by atoms with Crippen molar-refractivity contribution in [2.45, 2.75) is 0 Å². The molecule has 0 fully saturated rings. The zero-order valence-electron chi connectivity index (χ0n) is 12.0. The Labute approximate surface area is 137 Å². The number of pyridine rings is 1. The SMILES string of the molecule is Clc1ccccc1-c1cc2c(Nc3ccncc3)ncnn2c1. The number of nitrogens with one attached hydrogen (secondary N) is 1. The molecule has 0 aliphatic heterocycles. The molecule has 4 aromatic rings. The summed E-state index contributed by atoms with van der Waals surface area (Å²) in [6.45, 7) is 0. The van der Waals surface area contributed by atoms with Gasteiger partial charge in [0.2, 0.25) is 0 Å². The van der Waals surface area contributed by atoms with E-state index in [0.29, 0.717) is 5.02 Å². The predicted molar refractivity (Wildman–Crippen MR) is 91.0 cm³/mol. The number of anilines is 2. The van der Waals surface area contributed by atoms with Crippen LogP contribution in [0.3, 0.4) is 0 Å². The fourth-order valence-electron chi connectivity index (χ4n) is 2.44. The molecule has 0 aliphatic rings. The Bertz CT molecular complexity index is 965. The largest absolute Gasteiger partial charge is 0.338 e. The molecule has 4 rings (SSSR count). The average Bonchev–Trinajstić information content (AvgIpc) is 3.01. The Morgan fingerprint density at radius 3 is 2.70 bits per heavy atom. The van der Waals surface area contributed by atoms with Crippen LogP contribution in [-0.2, 0) is 0 Å². The summed E-state index contributed by atoms with van der Waals surface area (Å²) in [6, 6.07) is 13.5. The maximum Gasteiger partial charge on any atom is 0.158 e. The molecule has 0 spiro atoms. The van der Waals surface area contributed by atoms with Crippen LogP contribution in [0.5, 0.6) is 0 Å². The third-order valence-electron chi connectivity index (χ3n) is 3.53. The first kappa shape index (κ1) is 13.7. The summed E-state index contributed by atoms with van der Waals surface area (Å²) in [4.78, 5) is 8.35. The lowest BCUT2D eigenvalue weighted by Crippen LogP contribution is -1.99. The molecular formula is C17H12ClN5. The second kappa shape index (κ2) is 5.70. The van der Waals surface area contributed by atoms with Crippen LogP contribution in [0, 0.1) is 0 Å². The molecule has 23 heavy (non-hydrogen) atoms. The van der Waals surface area contributed by atoms with Gasteiger partial charge in [-0.2, -0.15) is 5.10 Å². The molecule has 0 saturated heterocycles. The highest BCUT2D eigenvalue weighted by Gasteiger charge is 2.10. The van der Waals surface area contributed by atoms with E-state index < -0.39 is 0 Å². The molecule has 3 heterocycles. The van der Waals surface area contributed by atoms with E-state index in [1.807, 2.05) is 48.7 Å².